The van der Waals surface area contributed by atoms with Crippen LogP contribution in [0.3, 0.4) is 0 Å². The van der Waals surface area contributed by atoms with Gasteiger partial charge in [0.1, 0.15) is 6.04 Å². The van der Waals surface area contributed by atoms with Crippen LogP contribution in [0, 0.1) is 18.3 Å². The molecule has 0 radical (unpaired) electrons. The van der Waals surface area contributed by atoms with Gasteiger partial charge in [-0.15, -0.1) is 0 Å². The molecule has 0 bridgehead atoms. The first-order valence-electron chi connectivity index (χ1n) is 9.87. The molecular formula is C22H28N2O3. The van der Waals surface area contributed by atoms with Crippen LogP contribution < -0.4 is 0 Å². The van der Waals surface area contributed by atoms with E-state index in [2.05, 4.69) is 25.1 Å². The van der Waals surface area contributed by atoms with E-state index >= 15 is 0 Å². The fourth-order valence-corrected chi connectivity index (χ4v) is 4.93. The van der Waals surface area contributed by atoms with Crippen LogP contribution in [0.1, 0.15) is 36.8 Å². The third-order valence-corrected chi connectivity index (χ3v) is 6.63. The molecule has 1 spiro atoms. The van der Waals surface area contributed by atoms with Crippen molar-refractivity contribution in [3.8, 4) is 0 Å². The van der Waals surface area contributed by atoms with Gasteiger partial charge in [0.25, 0.3) is 0 Å². The van der Waals surface area contributed by atoms with Crippen LogP contribution in [0.15, 0.2) is 30.3 Å². The Balaban J connectivity index is 1.50. The summed E-state index contributed by atoms with van der Waals surface area (Å²) in [4.78, 5) is 28.9. The fourth-order valence-electron chi connectivity index (χ4n) is 4.93. The van der Waals surface area contributed by atoms with E-state index in [1.165, 1.54) is 16.7 Å². The van der Waals surface area contributed by atoms with E-state index in [4.69, 9.17) is 0 Å². The molecule has 1 N–H and O–H groups in total. The lowest BCUT2D eigenvalue weighted by Gasteiger charge is -2.43. The number of rotatable bonds is 3. The summed E-state index contributed by atoms with van der Waals surface area (Å²) in [5.74, 6) is -1.46. The molecule has 2 fully saturated rings. The molecule has 1 aromatic carbocycles. The molecule has 1 aliphatic carbocycles. The summed E-state index contributed by atoms with van der Waals surface area (Å²) in [6.07, 6.45) is 5.77. The lowest BCUT2D eigenvalue weighted by molar-refractivity contribution is -0.155. The molecule has 1 saturated carbocycles. The molecule has 0 aromatic heterocycles. The number of hydrogen-bond acceptors (Lipinski definition) is 3. The Bertz CT molecular complexity index is 797. The van der Waals surface area contributed by atoms with Crippen LogP contribution in [-0.2, 0) is 9.59 Å². The number of hydrogen-bond donors (Lipinski definition) is 1. The molecule has 1 saturated heterocycles. The maximum atomic E-state index is 13.2. The maximum Gasteiger partial charge on any atom is 0.308 e. The van der Waals surface area contributed by atoms with Crippen LogP contribution in [0.2, 0.25) is 0 Å². The monoisotopic (exact) mass is 368 g/mol. The van der Waals surface area contributed by atoms with Crippen LogP contribution in [-0.4, -0.2) is 59.5 Å². The number of carbonyl (C=O) groups excluding carboxylic acids is 1. The minimum absolute atomic E-state index is 0.0273. The van der Waals surface area contributed by atoms with Crippen LogP contribution in [0.25, 0.3) is 5.57 Å². The van der Waals surface area contributed by atoms with Gasteiger partial charge >= 0.3 is 5.97 Å². The summed E-state index contributed by atoms with van der Waals surface area (Å²) in [7, 11) is 1.91. The molecular weight excluding hydrogens is 340 g/mol. The Hall–Kier alpha value is -2.14. The molecule has 2 unspecified atom stereocenters. The molecule has 3 aliphatic rings. The normalized spacial score (nSPS) is 27.3. The van der Waals surface area contributed by atoms with Crippen molar-refractivity contribution in [1.29, 1.82) is 0 Å². The van der Waals surface area contributed by atoms with Crippen LogP contribution in [0.4, 0.5) is 0 Å². The zero-order chi connectivity index (χ0) is 19.2. The highest BCUT2D eigenvalue weighted by atomic mass is 16.4. The van der Waals surface area contributed by atoms with Gasteiger partial charge in [-0.2, -0.15) is 0 Å². The standard InChI is InChI=1S/C22H28N2O3/c1-15-5-3-4-6-17(15)16-7-11-24(12-8-16)20(25)19-18(21(26)27)13-22(9-10-22)14-23(19)2/h3-7,18-19H,8-14H2,1-2H3,(H,26,27). The van der Waals surface area contributed by atoms with Gasteiger partial charge in [0.15, 0.2) is 0 Å². The largest absolute Gasteiger partial charge is 0.481 e. The van der Waals surface area contributed by atoms with Crippen molar-refractivity contribution in [1.82, 2.24) is 9.80 Å². The number of carboxylic acids is 1. The van der Waals surface area contributed by atoms with E-state index in [1.54, 1.807) is 0 Å². The Kier molecular flexibility index (Phi) is 4.58. The summed E-state index contributed by atoms with van der Waals surface area (Å²) in [6.45, 7) is 4.16. The minimum atomic E-state index is -0.834. The Labute approximate surface area is 160 Å². The summed E-state index contributed by atoms with van der Waals surface area (Å²) in [5, 5.41) is 9.75. The second-order valence-electron chi connectivity index (χ2n) is 8.59. The van der Waals surface area contributed by atoms with E-state index in [-0.39, 0.29) is 11.3 Å². The number of carbonyl (C=O) groups is 2. The highest BCUT2D eigenvalue weighted by Gasteiger charge is 2.55. The smallest absolute Gasteiger partial charge is 0.308 e. The molecule has 2 heterocycles. The molecule has 2 atom stereocenters. The summed E-state index contributed by atoms with van der Waals surface area (Å²) in [6, 6.07) is 7.78. The quantitative estimate of drug-likeness (QED) is 0.891. The number of carboxylic acid groups (broad SMARTS) is 1. The summed E-state index contributed by atoms with van der Waals surface area (Å²) < 4.78 is 0. The fraction of sp³-hybridized carbons (Fsp3) is 0.545. The average Bonchev–Trinajstić information content (AvgIpc) is 3.39. The van der Waals surface area contributed by atoms with Gasteiger partial charge in [-0.1, -0.05) is 30.3 Å². The molecule has 2 aliphatic heterocycles. The lowest BCUT2D eigenvalue weighted by atomic mass is 9.80. The second kappa shape index (κ2) is 6.79. The van der Waals surface area contributed by atoms with E-state index in [9.17, 15) is 14.7 Å². The molecule has 5 nitrogen and oxygen atoms in total. The van der Waals surface area contributed by atoms with Crippen molar-refractivity contribution in [2.75, 3.05) is 26.7 Å². The Morgan fingerprint density at radius 3 is 2.56 bits per heavy atom. The van der Waals surface area contributed by atoms with Crippen molar-refractivity contribution in [3.05, 3.63) is 41.5 Å². The summed E-state index contributed by atoms with van der Waals surface area (Å²) >= 11 is 0. The highest BCUT2D eigenvalue weighted by molar-refractivity contribution is 5.89. The average molecular weight is 368 g/mol. The van der Waals surface area contributed by atoms with E-state index in [0.29, 0.717) is 19.5 Å². The number of nitrogens with zero attached hydrogens (tertiary/aromatic N) is 2. The number of amides is 1. The first-order chi connectivity index (χ1) is 12.9. The second-order valence-corrected chi connectivity index (χ2v) is 8.59. The number of likely N-dealkylation sites (tertiary alicyclic amines) is 1. The van der Waals surface area contributed by atoms with Gasteiger partial charge in [-0.05, 0) is 61.8 Å². The molecule has 27 heavy (non-hydrogen) atoms. The predicted octanol–water partition coefficient (Wildman–Crippen LogP) is 2.80. The lowest BCUT2D eigenvalue weighted by Crippen LogP contribution is -2.58. The van der Waals surface area contributed by atoms with E-state index in [1.807, 2.05) is 29.0 Å². The van der Waals surface area contributed by atoms with Crippen molar-refractivity contribution >= 4 is 17.4 Å². The first kappa shape index (κ1) is 18.2. The van der Waals surface area contributed by atoms with Gasteiger partial charge in [-0.3, -0.25) is 14.5 Å². The molecule has 144 valence electrons. The van der Waals surface area contributed by atoms with Crippen molar-refractivity contribution in [2.45, 2.75) is 38.6 Å². The summed E-state index contributed by atoms with van der Waals surface area (Å²) in [5.41, 5.74) is 3.92. The third kappa shape index (κ3) is 3.41. The van der Waals surface area contributed by atoms with E-state index in [0.717, 1.165) is 25.8 Å². The first-order valence-corrected chi connectivity index (χ1v) is 9.87. The van der Waals surface area contributed by atoms with Crippen LogP contribution >= 0.6 is 0 Å². The highest BCUT2D eigenvalue weighted by Crippen LogP contribution is 2.54. The molecule has 1 aromatic rings. The molecule has 5 heteroatoms. The Morgan fingerprint density at radius 1 is 1.22 bits per heavy atom. The number of piperidine rings is 1. The number of benzene rings is 1. The topological polar surface area (TPSA) is 60.9 Å². The van der Waals surface area contributed by atoms with Gasteiger partial charge in [0, 0.05) is 19.6 Å². The number of aryl methyl sites for hydroxylation is 1. The van der Waals surface area contributed by atoms with Crippen molar-refractivity contribution in [3.63, 3.8) is 0 Å². The number of likely N-dealkylation sites (N-methyl/N-ethyl adjacent to an activating group) is 1. The predicted molar refractivity (Wildman–Crippen MR) is 104 cm³/mol. The van der Waals surface area contributed by atoms with Gasteiger partial charge in [-0.25, -0.2) is 0 Å². The third-order valence-electron chi connectivity index (χ3n) is 6.63. The van der Waals surface area contributed by atoms with Gasteiger partial charge in [0.2, 0.25) is 5.91 Å². The van der Waals surface area contributed by atoms with E-state index < -0.39 is 17.9 Å². The van der Waals surface area contributed by atoms with Gasteiger partial charge < -0.3 is 10.0 Å². The number of aliphatic carboxylic acids is 1. The maximum absolute atomic E-state index is 13.2. The molecule has 1 amide bonds. The minimum Gasteiger partial charge on any atom is -0.481 e. The van der Waals surface area contributed by atoms with Crippen molar-refractivity contribution < 1.29 is 14.7 Å². The van der Waals surface area contributed by atoms with Crippen LogP contribution in [0.5, 0.6) is 0 Å². The zero-order valence-corrected chi connectivity index (χ0v) is 16.1. The molecule has 4 rings (SSSR count). The van der Waals surface area contributed by atoms with Crippen molar-refractivity contribution in [2.24, 2.45) is 11.3 Å². The Morgan fingerprint density at radius 2 is 1.96 bits per heavy atom. The zero-order valence-electron chi connectivity index (χ0n) is 16.1. The SMILES string of the molecule is Cc1ccccc1C1=CCN(C(=O)C2C(C(=O)O)CC3(CC3)CN2C)CC1. The van der Waals surface area contributed by atoms with Gasteiger partial charge in [0.05, 0.1) is 5.92 Å².